The van der Waals surface area contributed by atoms with Gasteiger partial charge in [-0.2, -0.15) is 0 Å². The molecule has 2 aromatic heterocycles. The number of nitrogens with zero attached hydrogens (tertiary/aromatic N) is 2. The van der Waals surface area contributed by atoms with E-state index in [2.05, 4.69) is 340 Å². The fourth-order valence-corrected chi connectivity index (χ4v) is 14.8. The predicted molar refractivity (Wildman–Crippen MR) is 373 cm³/mol. The van der Waals surface area contributed by atoms with Gasteiger partial charge in [-0.25, -0.2) is 0 Å². The molecular weight excluding hydrogens is 1060 g/mol. The van der Waals surface area contributed by atoms with Crippen LogP contribution in [0.1, 0.15) is 61.1 Å². The van der Waals surface area contributed by atoms with E-state index in [4.69, 9.17) is 0 Å². The monoisotopic (exact) mass is 1120 g/mol. The summed E-state index contributed by atoms with van der Waals surface area (Å²) >= 11 is 0. The first kappa shape index (κ1) is 51.6. The molecule has 0 saturated carbocycles. The summed E-state index contributed by atoms with van der Waals surface area (Å²) in [7, 11) is 0. The molecule has 15 aromatic rings. The van der Waals surface area contributed by atoms with Gasteiger partial charge in [-0.3, -0.25) is 0 Å². The lowest BCUT2D eigenvalue weighted by molar-refractivity contribution is 0.660. The van der Waals surface area contributed by atoms with Crippen LogP contribution in [0, 0.1) is 0 Å². The molecule has 0 aliphatic heterocycles. The zero-order chi connectivity index (χ0) is 58.8. The van der Waals surface area contributed by atoms with Gasteiger partial charge in [0.1, 0.15) is 0 Å². The van der Waals surface area contributed by atoms with Gasteiger partial charge in [-0.05, 0) is 196 Å². The van der Waals surface area contributed by atoms with Gasteiger partial charge in [0.15, 0.2) is 0 Å². The lowest BCUT2D eigenvalue weighted by Crippen LogP contribution is -2.15. The molecule has 13 aromatic carbocycles. The first-order valence-electron chi connectivity index (χ1n) is 30.9. The van der Waals surface area contributed by atoms with Gasteiger partial charge in [0, 0.05) is 43.7 Å². The summed E-state index contributed by atoms with van der Waals surface area (Å²) < 4.78 is 4.78. The van der Waals surface area contributed by atoms with Crippen LogP contribution < -0.4 is 0 Å². The Morgan fingerprint density at radius 3 is 0.943 bits per heavy atom. The predicted octanol–water partition coefficient (Wildman–Crippen LogP) is 23.0. The summed E-state index contributed by atoms with van der Waals surface area (Å²) in [5.74, 6) is 0. The maximum atomic E-state index is 2.47. The summed E-state index contributed by atoms with van der Waals surface area (Å²) in [5, 5.41) is 5.05. The van der Waals surface area contributed by atoms with Gasteiger partial charge in [-0.15, -0.1) is 0 Å². The van der Waals surface area contributed by atoms with Crippen LogP contribution >= 0.6 is 0 Å². The van der Waals surface area contributed by atoms with E-state index in [1.807, 2.05) is 0 Å². The average Bonchev–Trinajstić information content (AvgIpc) is 1.66. The van der Waals surface area contributed by atoms with Crippen molar-refractivity contribution in [2.45, 2.75) is 38.5 Å². The first-order chi connectivity index (χ1) is 43.1. The minimum Gasteiger partial charge on any atom is -0.309 e. The molecular formula is C86H62N2. The number of benzene rings is 13. The third-order valence-electron chi connectivity index (χ3n) is 19.6. The Kier molecular flexibility index (Phi) is 11.7. The Morgan fingerprint density at radius 1 is 0.227 bits per heavy atom. The summed E-state index contributed by atoms with van der Waals surface area (Å²) in [6.07, 6.45) is 4.43. The molecule has 0 atom stereocenters. The Bertz CT molecular complexity index is 5320. The van der Waals surface area contributed by atoms with Gasteiger partial charge in [0.05, 0.1) is 22.1 Å². The maximum absolute atomic E-state index is 2.47. The molecule has 416 valence electrons. The molecule has 0 bridgehead atoms. The van der Waals surface area contributed by atoms with E-state index in [1.54, 1.807) is 0 Å². The van der Waals surface area contributed by atoms with Crippen LogP contribution in [-0.2, 0) is 10.8 Å². The van der Waals surface area contributed by atoms with Crippen molar-refractivity contribution >= 4 is 55.8 Å². The summed E-state index contributed by atoms with van der Waals surface area (Å²) in [6.45, 7) is 9.61. The molecule has 0 N–H and O–H groups in total. The molecule has 2 heterocycles. The Morgan fingerprint density at radius 2 is 0.511 bits per heavy atom. The summed E-state index contributed by atoms with van der Waals surface area (Å²) in [4.78, 5) is 0. The molecule has 0 radical (unpaired) electrons. The van der Waals surface area contributed by atoms with Crippen molar-refractivity contribution in [3.05, 3.63) is 325 Å². The minimum absolute atomic E-state index is 0.168. The number of aromatic nitrogens is 2. The Hall–Kier alpha value is -10.8. The van der Waals surface area contributed by atoms with E-state index < -0.39 is 0 Å². The van der Waals surface area contributed by atoms with Crippen LogP contribution in [0.4, 0.5) is 0 Å². The third-order valence-corrected chi connectivity index (χ3v) is 19.6. The van der Waals surface area contributed by atoms with Crippen LogP contribution in [-0.4, -0.2) is 9.13 Å². The summed E-state index contributed by atoms with van der Waals surface area (Å²) in [5.41, 5.74) is 32.4. The van der Waals surface area contributed by atoms with Crippen molar-refractivity contribution in [1.82, 2.24) is 9.13 Å². The van der Waals surface area contributed by atoms with Crippen LogP contribution in [0.2, 0.25) is 0 Å². The van der Waals surface area contributed by atoms with Crippen molar-refractivity contribution in [3.8, 4) is 89.3 Å². The molecule has 0 amide bonds. The molecule has 0 fully saturated rings. The Labute approximate surface area is 514 Å². The van der Waals surface area contributed by atoms with E-state index in [0.29, 0.717) is 0 Å². The van der Waals surface area contributed by atoms with Crippen LogP contribution in [0.15, 0.2) is 291 Å². The van der Waals surface area contributed by atoms with E-state index in [1.165, 1.54) is 161 Å². The fraction of sp³-hybridized carbons (Fsp3) is 0.0698. The second-order valence-electron chi connectivity index (χ2n) is 25.3. The maximum Gasteiger partial charge on any atom is 0.0541 e. The van der Waals surface area contributed by atoms with Gasteiger partial charge in [0.2, 0.25) is 0 Å². The van der Waals surface area contributed by atoms with Crippen molar-refractivity contribution in [2.75, 3.05) is 0 Å². The number of para-hydroxylation sites is 3. The largest absolute Gasteiger partial charge is 0.309 e. The molecule has 17 rings (SSSR count). The second kappa shape index (κ2) is 19.9. The number of hydrogen-bond acceptors (Lipinski definition) is 0. The van der Waals surface area contributed by atoms with Crippen LogP contribution in [0.5, 0.6) is 0 Å². The van der Waals surface area contributed by atoms with E-state index in [0.717, 1.165) is 5.69 Å². The standard InChI is InChI=1S/C86H62N2/c1-85(2)77-51-63(60-31-27-56(28-32-60)24-23-55-25-29-59(30-26-55)61-39-47-83-75(49-61)73-19-11-13-21-81(73)87(83)67-17-9-6-10-18-67)35-43-69(77)71-45-37-65(53-79(71)85)66-38-46-72-70-44-36-64(52-78(70)86(3,4)80(72)54-66)62-40-48-84-76(50-62)74-20-12-14-22-82(74)88(84)68-41-33-58(34-42-68)57-15-7-5-8-16-57/h5-54H,1-4H3. The average molecular weight is 1120 g/mol. The van der Waals surface area contributed by atoms with E-state index in [9.17, 15) is 0 Å². The highest BCUT2D eigenvalue weighted by atomic mass is 15.0. The second-order valence-corrected chi connectivity index (χ2v) is 25.3. The lowest BCUT2D eigenvalue weighted by Gasteiger charge is -2.24. The Balaban J connectivity index is 0.598. The zero-order valence-corrected chi connectivity index (χ0v) is 49.8. The van der Waals surface area contributed by atoms with Crippen molar-refractivity contribution in [1.29, 1.82) is 0 Å². The van der Waals surface area contributed by atoms with Gasteiger partial charge in [-0.1, -0.05) is 246 Å². The number of hydrogen-bond donors (Lipinski definition) is 0. The quantitative estimate of drug-likeness (QED) is 0.128. The first-order valence-corrected chi connectivity index (χ1v) is 30.9. The highest BCUT2D eigenvalue weighted by molar-refractivity contribution is 6.12. The van der Waals surface area contributed by atoms with Gasteiger partial charge < -0.3 is 9.13 Å². The van der Waals surface area contributed by atoms with Crippen LogP contribution in [0.3, 0.4) is 0 Å². The highest BCUT2D eigenvalue weighted by Crippen LogP contribution is 2.54. The third kappa shape index (κ3) is 8.24. The molecule has 0 spiro atoms. The normalized spacial score (nSPS) is 13.6. The van der Waals surface area contributed by atoms with E-state index >= 15 is 0 Å². The van der Waals surface area contributed by atoms with Gasteiger partial charge >= 0.3 is 0 Å². The molecule has 2 nitrogen and oxygen atoms in total. The van der Waals surface area contributed by atoms with Crippen molar-refractivity contribution < 1.29 is 0 Å². The summed E-state index contributed by atoms with van der Waals surface area (Å²) in [6, 6.07) is 108. The number of fused-ring (bicyclic) bond motifs is 12. The molecule has 88 heavy (non-hydrogen) atoms. The molecule has 2 aliphatic carbocycles. The fourth-order valence-electron chi connectivity index (χ4n) is 14.8. The van der Waals surface area contributed by atoms with Gasteiger partial charge in [0.25, 0.3) is 0 Å². The molecule has 0 unspecified atom stereocenters. The SMILES string of the molecule is CC1(C)c2cc(-c3ccc(C=Cc4ccc(-c5ccc6c(c5)c5ccccc5n6-c5ccccc5)cc4)cc3)ccc2-c2ccc(-c3ccc4c(c3)C(C)(C)c3cc(-c5ccc6c(c5)c5ccccc5n6-c5ccc(-c6ccccc6)cc5)ccc3-4)cc21. The van der Waals surface area contributed by atoms with E-state index in [-0.39, 0.29) is 10.8 Å². The number of rotatable bonds is 9. The van der Waals surface area contributed by atoms with Crippen molar-refractivity contribution in [2.24, 2.45) is 0 Å². The van der Waals surface area contributed by atoms with Crippen LogP contribution in [0.25, 0.3) is 145 Å². The minimum atomic E-state index is -0.182. The highest BCUT2D eigenvalue weighted by Gasteiger charge is 2.38. The molecule has 2 heteroatoms. The van der Waals surface area contributed by atoms with Crippen molar-refractivity contribution in [3.63, 3.8) is 0 Å². The molecule has 2 aliphatic rings. The topological polar surface area (TPSA) is 9.86 Å². The molecule has 0 saturated heterocycles. The smallest absolute Gasteiger partial charge is 0.0541 e. The zero-order valence-electron chi connectivity index (χ0n) is 49.8. The lowest BCUT2D eigenvalue weighted by atomic mass is 9.79.